The molecule has 20 heavy (non-hydrogen) atoms. The summed E-state index contributed by atoms with van der Waals surface area (Å²) in [6.45, 7) is 4.16. The van der Waals surface area contributed by atoms with Crippen molar-refractivity contribution >= 4 is 6.21 Å². The second-order valence-corrected chi connectivity index (χ2v) is 4.43. The molecule has 0 saturated carbocycles. The third kappa shape index (κ3) is 4.16. The first kappa shape index (κ1) is 14.2. The molecule has 1 aliphatic heterocycles. The molecule has 1 saturated heterocycles. The zero-order chi connectivity index (χ0) is 14.2. The lowest BCUT2D eigenvalue weighted by Crippen LogP contribution is -2.49. The number of hydrazine groups is 1. The molecule has 0 spiro atoms. The summed E-state index contributed by atoms with van der Waals surface area (Å²) < 4.78 is 0. The Labute approximate surface area is 117 Å². The van der Waals surface area contributed by atoms with E-state index in [0.717, 1.165) is 25.3 Å². The summed E-state index contributed by atoms with van der Waals surface area (Å²) in [4.78, 5) is 10.9. The summed E-state index contributed by atoms with van der Waals surface area (Å²) in [6.07, 6.45) is 3.50. The Kier molecular flexibility index (Phi) is 5.24. The van der Waals surface area contributed by atoms with Crippen LogP contribution in [0.25, 0.3) is 0 Å². The molecular weight excluding hydrogens is 260 g/mol. The Morgan fingerprint density at radius 2 is 2.15 bits per heavy atom. The van der Waals surface area contributed by atoms with Crippen molar-refractivity contribution < 1.29 is 10.2 Å². The van der Waals surface area contributed by atoms with Gasteiger partial charge in [-0.15, -0.1) is 5.01 Å². The van der Waals surface area contributed by atoms with Crippen molar-refractivity contribution in [1.29, 1.82) is 0 Å². The molecule has 0 unspecified atom stereocenters. The highest BCUT2D eigenvalue weighted by Crippen LogP contribution is 2.01. The average Bonchev–Trinajstić information content (AvgIpc) is 2.52. The van der Waals surface area contributed by atoms with Crippen LogP contribution in [0.4, 0.5) is 0 Å². The smallest absolute Gasteiger partial charge is 0.230 e. The summed E-state index contributed by atoms with van der Waals surface area (Å²) in [5.74, 6) is 0. The van der Waals surface area contributed by atoms with E-state index in [1.54, 1.807) is 12.4 Å². The maximum atomic E-state index is 11.1. The van der Waals surface area contributed by atoms with Crippen molar-refractivity contribution in [3.8, 4) is 0 Å². The van der Waals surface area contributed by atoms with Crippen molar-refractivity contribution in [2.24, 2.45) is 10.3 Å². The maximum absolute atomic E-state index is 11.1. The van der Waals surface area contributed by atoms with Gasteiger partial charge in [0, 0.05) is 32.0 Å². The number of nitrogens with zero attached hydrogens (tertiary/aromatic N) is 6. The first-order valence-electron chi connectivity index (χ1n) is 6.50. The molecule has 8 heteroatoms. The standard InChI is InChI=1S/C12H18N6O2/c19-15-18(20)17-9-7-16(8-10-17)6-5-13-11-12-3-1-2-4-14-12/h1-4,11,19H,5-10H2/b13-11?,18-15-. The van der Waals surface area contributed by atoms with E-state index >= 15 is 0 Å². The van der Waals surface area contributed by atoms with Gasteiger partial charge in [-0.3, -0.25) is 14.9 Å². The van der Waals surface area contributed by atoms with Gasteiger partial charge in [0.1, 0.15) is 0 Å². The van der Waals surface area contributed by atoms with Crippen molar-refractivity contribution in [3.63, 3.8) is 0 Å². The van der Waals surface area contributed by atoms with E-state index in [2.05, 4.69) is 20.2 Å². The Bertz CT molecular complexity index is 456. The lowest BCUT2D eigenvalue weighted by atomic mass is 10.3. The summed E-state index contributed by atoms with van der Waals surface area (Å²) in [5.41, 5.74) is 0.851. The van der Waals surface area contributed by atoms with Gasteiger partial charge in [0.25, 0.3) is 0 Å². The number of aromatic nitrogens is 1. The number of pyridine rings is 1. The molecule has 1 aromatic rings. The number of hydrogen-bond acceptors (Lipinski definition) is 5. The van der Waals surface area contributed by atoms with E-state index < -0.39 is 0 Å². The lowest BCUT2D eigenvalue weighted by molar-refractivity contribution is -0.711. The number of aliphatic imine (C=N–C) groups is 1. The zero-order valence-corrected chi connectivity index (χ0v) is 11.2. The maximum Gasteiger partial charge on any atom is 0.230 e. The molecule has 2 heterocycles. The summed E-state index contributed by atoms with van der Waals surface area (Å²) in [7, 11) is 0. The summed E-state index contributed by atoms with van der Waals surface area (Å²) in [5, 5.41) is 23.5. The minimum Gasteiger partial charge on any atom is -0.569 e. The number of hydrogen-bond donors (Lipinski definition) is 1. The molecule has 0 atom stereocenters. The van der Waals surface area contributed by atoms with Gasteiger partial charge in [-0.05, 0) is 12.1 Å². The van der Waals surface area contributed by atoms with Crippen LogP contribution in [0.1, 0.15) is 5.69 Å². The molecule has 0 amide bonds. The second kappa shape index (κ2) is 7.39. The van der Waals surface area contributed by atoms with E-state index in [1.165, 1.54) is 5.01 Å². The largest absolute Gasteiger partial charge is 0.569 e. The fourth-order valence-corrected chi connectivity index (χ4v) is 2.00. The molecule has 0 radical (unpaired) electrons. The minimum atomic E-state index is 0.233. The van der Waals surface area contributed by atoms with Gasteiger partial charge in [-0.25, -0.2) is 0 Å². The fraction of sp³-hybridized carbons (Fsp3) is 0.500. The van der Waals surface area contributed by atoms with Crippen molar-refractivity contribution in [2.45, 2.75) is 0 Å². The quantitative estimate of drug-likeness (QED) is 0.364. The topological polar surface area (TPSA) is 90.4 Å². The van der Waals surface area contributed by atoms with Crippen molar-refractivity contribution in [2.75, 3.05) is 39.3 Å². The van der Waals surface area contributed by atoms with Gasteiger partial charge in [0.05, 0.1) is 30.3 Å². The van der Waals surface area contributed by atoms with Crippen molar-refractivity contribution in [1.82, 2.24) is 14.9 Å². The van der Waals surface area contributed by atoms with Crippen LogP contribution in [-0.4, -0.2) is 70.6 Å². The minimum absolute atomic E-state index is 0.233. The van der Waals surface area contributed by atoms with Gasteiger partial charge in [-0.2, -0.15) is 0 Å². The molecule has 0 bridgehead atoms. The van der Waals surface area contributed by atoms with E-state index in [0.29, 0.717) is 19.6 Å². The Morgan fingerprint density at radius 1 is 1.35 bits per heavy atom. The lowest BCUT2D eigenvalue weighted by Gasteiger charge is -2.30. The highest BCUT2D eigenvalue weighted by Gasteiger charge is 2.21. The molecule has 8 nitrogen and oxygen atoms in total. The van der Waals surface area contributed by atoms with E-state index in [4.69, 9.17) is 5.21 Å². The highest BCUT2D eigenvalue weighted by molar-refractivity contribution is 5.76. The number of piperazine rings is 1. The molecule has 1 N–H and O–H groups in total. The molecule has 0 aliphatic carbocycles. The Balaban J connectivity index is 1.68. The third-order valence-electron chi connectivity index (χ3n) is 3.12. The van der Waals surface area contributed by atoms with Crippen LogP contribution in [0, 0.1) is 5.21 Å². The normalized spacial score (nSPS) is 17.8. The van der Waals surface area contributed by atoms with Crippen LogP contribution >= 0.6 is 0 Å². The second-order valence-electron chi connectivity index (χ2n) is 4.43. The average molecular weight is 278 g/mol. The molecule has 2 rings (SSSR count). The zero-order valence-electron chi connectivity index (χ0n) is 11.2. The van der Waals surface area contributed by atoms with Gasteiger partial charge < -0.3 is 10.4 Å². The van der Waals surface area contributed by atoms with Gasteiger partial charge >= 0.3 is 0 Å². The van der Waals surface area contributed by atoms with E-state index in [9.17, 15) is 5.21 Å². The van der Waals surface area contributed by atoms with Gasteiger partial charge in [0.2, 0.25) is 5.28 Å². The predicted octanol–water partition coefficient (Wildman–Crippen LogP) is 0.385. The Morgan fingerprint density at radius 3 is 2.80 bits per heavy atom. The predicted molar refractivity (Wildman–Crippen MR) is 72.6 cm³/mol. The summed E-state index contributed by atoms with van der Waals surface area (Å²) in [6, 6.07) is 5.70. The van der Waals surface area contributed by atoms with Crippen LogP contribution in [0.2, 0.25) is 0 Å². The van der Waals surface area contributed by atoms with E-state index in [1.807, 2.05) is 18.2 Å². The van der Waals surface area contributed by atoms with Crippen LogP contribution in [0.3, 0.4) is 0 Å². The molecule has 1 fully saturated rings. The van der Waals surface area contributed by atoms with Gasteiger partial charge in [-0.1, -0.05) is 6.07 Å². The Hall–Kier alpha value is -2.22. The first-order valence-corrected chi connectivity index (χ1v) is 6.50. The fourth-order valence-electron chi connectivity index (χ4n) is 2.00. The summed E-state index contributed by atoms with van der Waals surface area (Å²) >= 11 is 0. The van der Waals surface area contributed by atoms with Crippen LogP contribution in [0.15, 0.2) is 34.7 Å². The third-order valence-corrected chi connectivity index (χ3v) is 3.12. The molecular formula is C12H18N6O2. The molecule has 108 valence electrons. The van der Waals surface area contributed by atoms with Crippen LogP contribution in [0.5, 0.6) is 0 Å². The highest BCUT2D eigenvalue weighted by atomic mass is 16.6. The van der Waals surface area contributed by atoms with Crippen molar-refractivity contribution in [3.05, 3.63) is 35.3 Å². The van der Waals surface area contributed by atoms with E-state index in [-0.39, 0.29) is 4.97 Å². The molecule has 1 aromatic heterocycles. The number of rotatable bonds is 5. The molecule has 0 aromatic carbocycles. The SMILES string of the molecule is [O-]/[N+](=N\O)N1CCN(CCN=Cc2ccccn2)CC1. The van der Waals surface area contributed by atoms with Crippen LogP contribution < -0.4 is 0 Å². The monoisotopic (exact) mass is 278 g/mol. The van der Waals surface area contributed by atoms with Gasteiger partial charge in [0.15, 0.2) is 0 Å². The van der Waals surface area contributed by atoms with Crippen LogP contribution in [-0.2, 0) is 0 Å². The molecule has 1 aliphatic rings. The first-order chi connectivity index (χ1) is 9.79.